The van der Waals surface area contributed by atoms with Crippen LogP contribution in [0.2, 0.25) is 0 Å². The Morgan fingerprint density at radius 1 is 1.33 bits per heavy atom. The molecule has 1 saturated heterocycles. The van der Waals surface area contributed by atoms with Crippen LogP contribution in [0.4, 0.5) is 0 Å². The molecule has 5 heteroatoms. The molecule has 3 nitrogen and oxygen atoms in total. The summed E-state index contributed by atoms with van der Waals surface area (Å²) in [6.45, 7) is 4.09. The Morgan fingerprint density at radius 3 is 2.27 bits per heavy atom. The van der Waals surface area contributed by atoms with Crippen molar-refractivity contribution in [2.75, 3.05) is 0 Å². The van der Waals surface area contributed by atoms with Crippen LogP contribution in [-0.4, -0.2) is 24.9 Å². The van der Waals surface area contributed by atoms with Gasteiger partial charge in [-0.05, 0) is 46.0 Å². The highest BCUT2D eigenvalue weighted by Crippen LogP contribution is 2.51. The number of halogens is 1. The molecule has 0 N–H and O–H groups in total. The molecule has 0 spiro atoms. The smallest absolute Gasteiger partial charge is 0.238 e. The van der Waals surface area contributed by atoms with Gasteiger partial charge in [0.05, 0.1) is 16.5 Å². The van der Waals surface area contributed by atoms with Crippen LogP contribution >= 0.6 is 10.7 Å². The monoisotopic (exact) mass is 252 g/mol. The van der Waals surface area contributed by atoms with Gasteiger partial charge in [-0.15, -0.1) is 0 Å². The number of ether oxygens (including phenoxy) is 1. The molecule has 2 aliphatic rings. The molecule has 0 radical (unpaired) electrons. The van der Waals surface area contributed by atoms with Crippen LogP contribution in [0.5, 0.6) is 0 Å². The lowest BCUT2D eigenvalue weighted by Gasteiger charge is -2.21. The van der Waals surface area contributed by atoms with Gasteiger partial charge in [-0.3, -0.25) is 0 Å². The molecule has 0 aromatic rings. The van der Waals surface area contributed by atoms with Crippen LogP contribution in [0.3, 0.4) is 0 Å². The maximum absolute atomic E-state index is 11.4. The first-order valence-electron chi connectivity index (χ1n) is 5.36. The maximum atomic E-state index is 11.4. The van der Waals surface area contributed by atoms with Crippen molar-refractivity contribution in [2.24, 2.45) is 0 Å². The van der Waals surface area contributed by atoms with E-state index in [9.17, 15) is 8.42 Å². The first-order valence-corrected chi connectivity index (χ1v) is 7.67. The lowest BCUT2D eigenvalue weighted by atomic mass is 10.0. The lowest BCUT2D eigenvalue weighted by Crippen LogP contribution is -2.27. The fraction of sp³-hybridized carbons (Fsp3) is 1.00. The van der Waals surface area contributed by atoms with Crippen LogP contribution in [0.1, 0.15) is 46.0 Å². The molecule has 15 heavy (non-hydrogen) atoms. The van der Waals surface area contributed by atoms with Crippen molar-refractivity contribution in [1.82, 2.24) is 0 Å². The predicted octanol–water partition coefficient (Wildman–Crippen LogP) is 2.44. The average Bonchev–Trinajstić information content (AvgIpc) is 2.73. The first kappa shape index (κ1) is 11.7. The second-order valence-electron chi connectivity index (χ2n) is 5.36. The van der Waals surface area contributed by atoms with Crippen LogP contribution < -0.4 is 0 Å². The minimum atomic E-state index is -3.42. The van der Waals surface area contributed by atoms with E-state index >= 15 is 0 Å². The summed E-state index contributed by atoms with van der Waals surface area (Å²) < 4.78 is 27.9. The largest absolute Gasteiger partial charge is 0.372 e. The predicted molar refractivity (Wildman–Crippen MR) is 59.5 cm³/mol. The summed E-state index contributed by atoms with van der Waals surface area (Å²) in [6, 6.07) is 0. The summed E-state index contributed by atoms with van der Waals surface area (Å²) in [5.41, 5.74) is -0.100. The van der Waals surface area contributed by atoms with E-state index in [1.165, 1.54) is 0 Å². The molecule has 0 aromatic carbocycles. The van der Waals surface area contributed by atoms with Crippen LogP contribution in [0, 0.1) is 0 Å². The Morgan fingerprint density at radius 2 is 1.93 bits per heavy atom. The van der Waals surface area contributed by atoms with Crippen molar-refractivity contribution in [1.29, 1.82) is 0 Å². The van der Waals surface area contributed by atoms with E-state index in [0.717, 1.165) is 12.8 Å². The Bertz CT molecular complexity index is 357. The van der Waals surface area contributed by atoms with Gasteiger partial charge in [0.25, 0.3) is 0 Å². The van der Waals surface area contributed by atoms with Crippen molar-refractivity contribution in [3.8, 4) is 0 Å². The molecule has 1 atom stereocenters. The third kappa shape index (κ3) is 2.32. The van der Waals surface area contributed by atoms with E-state index in [2.05, 4.69) is 0 Å². The zero-order valence-electron chi connectivity index (χ0n) is 9.12. The number of rotatable bonds is 3. The van der Waals surface area contributed by atoms with Gasteiger partial charge in [-0.25, -0.2) is 8.42 Å². The highest BCUT2D eigenvalue weighted by atomic mass is 35.7. The van der Waals surface area contributed by atoms with Crippen molar-refractivity contribution >= 4 is 19.7 Å². The molecule has 1 saturated carbocycles. The first-order chi connectivity index (χ1) is 6.74. The quantitative estimate of drug-likeness (QED) is 0.725. The lowest BCUT2D eigenvalue weighted by molar-refractivity contribution is -0.0192. The molecule has 2 rings (SSSR count). The second-order valence-corrected chi connectivity index (χ2v) is 8.32. The molecule has 2 fully saturated rings. The van der Waals surface area contributed by atoms with Gasteiger partial charge in [0.1, 0.15) is 0 Å². The van der Waals surface area contributed by atoms with Crippen LogP contribution in [0.15, 0.2) is 0 Å². The standard InChI is InChI=1S/C10H17ClO3S/c1-9(2)4-3-8(14-9)7-10(5-6-10)15(11,12)13/h8H,3-7H2,1-2H3. The number of hydrogen-bond acceptors (Lipinski definition) is 3. The maximum Gasteiger partial charge on any atom is 0.238 e. The average molecular weight is 253 g/mol. The summed E-state index contributed by atoms with van der Waals surface area (Å²) >= 11 is 0. The third-order valence-electron chi connectivity index (χ3n) is 3.48. The molecule has 1 aliphatic carbocycles. The molecule has 88 valence electrons. The molecule has 0 bridgehead atoms. The highest BCUT2D eigenvalue weighted by molar-refractivity contribution is 8.15. The summed E-state index contributed by atoms with van der Waals surface area (Å²) in [4.78, 5) is 0. The Hall–Kier alpha value is 0.200. The Kier molecular flexibility index (Phi) is 2.60. The molecule has 1 aliphatic heterocycles. The van der Waals surface area contributed by atoms with E-state index in [0.29, 0.717) is 19.3 Å². The van der Waals surface area contributed by atoms with Gasteiger partial charge in [0.15, 0.2) is 0 Å². The SMILES string of the molecule is CC1(C)CCC(CC2(S(=O)(=O)Cl)CC2)O1. The van der Waals surface area contributed by atoms with Gasteiger partial charge in [0.2, 0.25) is 9.05 Å². The third-order valence-corrected chi connectivity index (χ3v) is 6.07. The minimum Gasteiger partial charge on any atom is -0.372 e. The van der Waals surface area contributed by atoms with Crippen LogP contribution in [-0.2, 0) is 13.8 Å². The van der Waals surface area contributed by atoms with Gasteiger partial charge in [0, 0.05) is 10.7 Å². The normalized spacial score (nSPS) is 32.9. The number of hydrogen-bond donors (Lipinski definition) is 0. The molecule has 1 unspecified atom stereocenters. The van der Waals surface area contributed by atoms with E-state index in [-0.39, 0.29) is 11.7 Å². The fourth-order valence-electron chi connectivity index (χ4n) is 2.32. The zero-order chi connectivity index (χ0) is 11.3. The minimum absolute atomic E-state index is 0.0658. The summed E-state index contributed by atoms with van der Waals surface area (Å²) in [5.74, 6) is 0. The van der Waals surface area contributed by atoms with Crippen molar-refractivity contribution < 1.29 is 13.2 Å². The second kappa shape index (κ2) is 3.34. The van der Waals surface area contributed by atoms with Crippen molar-refractivity contribution in [3.05, 3.63) is 0 Å². The van der Waals surface area contributed by atoms with Gasteiger partial charge in [-0.2, -0.15) is 0 Å². The van der Waals surface area contributed by atoms with Crippen molar-refractivity contribution in [2.45, 2.75) is 62.4 Å². The van der Waals surface area contributed by atoms with Gasteiger partial charge in [-0.1, -0.05) is 0 Å². The summed E-state index contributed by atoms with van der Waals surface area (Å²) in [6.07, 6.45) is 3.97. The zero-order valence-corrected chi connectivity index (χ0v) is 10.7. The van der Waals surface area contributed by atoms with E-state index in [4.69, 9.17) is 15.4 Å². The molecular formula is C10H17ClO3S. The van der Waals surface area contributed by atoms with Crippen molar-refractivity contribution in [3.63, 3.8) is 0 Å². The molecular weight excluding hydrogens is 236 g/mol. The Labute approximate surface area is 95.6 Å². The molecule has 0 aromatic heterocycles. The molecule has 0 amide bonds. The van der Waals surface area contributed by atoms with E-state index in [1.807, 2.05) is 13.8 Å². The fourth-order valence-corrected chi connectivity index (χ4v) is 3.95. The van der Waals surface area contributed by atoms with Gasteiger partial charge >= 0.3 is 0 Å². The van der Waals surface area contributed by atoms with Crippen LogP contribution in [0.25, 0.3) is 0 Å². The summed E-state index contributed by atoms with van der Waals surface area (Å²) in [7, 11) is 2.03. The van der Waals surface area contributed by atoms with E-state index < -0.39 is 13.8 Å². The van der Waals surface area contributed by atoms with Gasteiger partial charge < -0.3 is 4.74 Å². The highest BCUT2D eigenvalue weighted by Gasteiger charge is 2.55. The Balaban J connectivity index is 2.00. The topological polar surface area (TPSA) is 43.4 Å². The molecule has 1 heterocycles. The van der Waals surface area contributed by atoms with E-state index in [1.54, 1.807) is 0 Å². The summed E-state index contributed by atoms with van der Waals surface area (Å²) in [5, 5.41) is 0.